The Morgan fingerprint density at radius 3 is 2.57 bits per heavy atom. The van der Waals surface area contributed by atoms with E-state index in [0.717, 1.165) is 11.3 Å². The Kier molecular flexibility index (Phi) is 9.05. The number of carbonyl (C=O) groups is 1. The molecule has 1 unspecified atom stereocenters. The molecule has 1 aliphatic heterocycles. The first-order chi connectivity index (χ1) is 9.17. The van der Waals surface area contributed by atoms with Gasteiger partial charge in [-0.15, -0.1) is 0 Å². The SMILES string of the molecule is COc1ccc(CN2CC(CO)CC2=O)c(OC)c1.[BH4-].[Na+]. The van der Waals surface area contributed by atoms with Gasteiger partial charge in [-0.25, -0.2) is 0 Å². The normalized spacial score (nSPS) is 17.0. The maximum Gasteiger partial charge on any atom is 1.00 e. The number of likely N-dealkylation sites (tertiary alicyclic amines) is 1. The minimum Gasteiger partial charge on any atom is -0.497 e. The van der Waals surface area contributed by atoms with E-state index in [2.05, 4.69) is 0 Å². The molecule has 1 amide bonds. The number of aliphatic hydroxyl groups excluding tert-OH is 1. The van der Waals surface area contributed by atoms with Crippen LogP contribution in [0.4, 0.5) is 0 Å². The molecule has 0 saturated carbocycles. The van der Waals surface area contributed by atoms with Gasteiger partial charge in [0.05, 0.1) is 14.2 Å². The summed E-state index contributed by atoms with van der Waals surface area (Å²) in [5.41, 5.74) is 0.940. The molecule has 1 atom stereocenters. The Balaban J connectivity index is 0.00000200. The van der Waals surface area contributed by atoms with E-state index in [1.165, 1.54) is 0 Å². The third-order valence-electron chi connectivity index (χ3n) is 3.41. The Bertz CT molecular complexity index is 472. The van der Waals surface area contributed by atoms with Crippen molar-refractivity contribution < 1.29 is 48.9 Å². The zero-order valence-electron chi connectivity index (χ0n) is 12.3. The molecule has 0 aliphatic carbocycles. The first-order valence-corrected chi connectivity index (χ1v) is 6.27. The topological polar surface area (TPSA) is 59.0 Å². The smallest absolute Gasteiger partial charge is 0.497 e. The van der Waals surface area contributed by atoms with Gasteiger partial charge in [0.1, 0.15) is 11.5 Å². The number of ether oxygens (including phenoxy) is 2. The van der Waals surface area contributed by atoms with Crippen molar-refractivity contribution in [3.05, 3.63) is 23.8 Å². The zero-order valence-corrected chi connectivity index (χ0v) is 14.3. The fourth-order valence-electron chi connectivity index (χ4n) is 2.32. The summed E-state index contributed by atoms with van der Waals surface area (Å²) in [4.78, 5) is 13.6. The first-order valence-electron chi connectivity index (χ1n) is 6.27. The van der Waals surface area contributed by atoms with Gasteiger partial charge >= 0.3 is 29.6 Å². The summed E-state index contributed by atoms with van der Waals surface area (Å²) in [6, 6.07) is 5.55. The number of methoxy groups -OCH3 is 2. The molecule has 112 valence electrons. The molecule has 0 spiro atoms. The van der Waals surface area contributed by atoms with Crippen LogP contribution in [0.15, 0.2) is 18.2 Å². The van der Waals surface area contributed by atoms with Crippen molar-refractivity contribution in [2.75, 3.05) is 27.4 Å². The fourth-order valence-corrected chi connectivity index (χ4v) is 2.32. The van der Waals surface area contributed by atoms with Gasteiger partial charge in [0.15, 0.2) is 0 Å². The zero-order chi connectivity index (χ0) is 13.8. The quantitative estimate of drug-likeness (QED) is 0.576. The number of rotatable bonds is 5. The van der Waals surface area contributed by atoms with Crippen LogP contribution in [0.25, 0.3) is 0 Å². The molecule has 2 rings (SSSR count). The van der Waals surface area contributed by atoms with Crippen LogP contribution >= 0.6 is 0 Å². The Hall–Kier alpha value is -0.685. The second-order valence-corrected chi connectivity index (χ2v) is 4.70. The van der Waals surface area contributed by atoms with Crippen LogP contribution in [0.1, 0.15) is 12.0 Å². The van der Waals surface area contributed by atoms with Crippen molar-refractivity contribution in [3.8, 4) is 11.5 Å². The molecular formula is C14H23BNNaO4. The molecule has 21 heavy (non-hydrogen) atoms. The van der Waals surface area contributed by atoms with Gasteiger partial charge in [-0.05, 0) is 12.1 Å². The maximum absolute atomic E-state index is 11.8. The molecule has 7 heteroatoms. The largest absolute Gasteiger partial charge is 1.00 e. The van der Waals surface area contributed by atoms with Gasteiger partial charge in [-0.2, -0.15) is 0 Å². The van der Waals surface area contributed by atoms with Gasteiger partial charge in [0.2, 0.25) is 5.91 Å². The van der Waals surface area contributed by atoms with Crippen LogP contribution < -0.4 is 39.0 Å². The predicted molar refractivity (Wildman–Crippen MR) is 81.5 cm³/mol. The van der Waals surface area contributed by atoms with Gasteiger partial charge in [0, 0.05) is 43.7 Å². The minimum atomic E-state index is 0. The molecule has 0 bridgehead atoms. The monoisotopic (exact) mass is 303 g/mol. The number of amides is 1. The van der Waals surface area contributed by atoms with Crippen molar-refractivity contribution in [2.45, 2.75) is 13.0 Å². The second kappa shape index (κ2) is 9.36. The van der Waals surface area contributed by atoms with Crippen molar-refractivity contribution in [2.24, 2.45) is 5.92 Å². The third-order valence-corrected chi connectivity index (χ3v) is 3.41. The van der Waals surface area contributed by atoms with Crippen LogP contribution in [-0.4, -0.2) is 51.7 Å². The van der Waals surface area contributed by atoms with Crippen LogP contribution in [0.3, 0.4) is 0 Å². The van der Waals surface area contributed by atoms with E-state index in [1.54, 1.807) is 25.2 Å². The number of benzene rings is 1. The minimum absolute atomic E-state index is 0. The molecule has 0 radical (unpaired) electrons. The summed E-state index contributed by atoms with van der Waals surface area (Å²) >= 11 is 0. The fraction of sp³-hybridized carbons (Fsp3) is 0.500. The van der Waals surface area contributed by atoms with Crippen molar-refractivity contribution in [1.82, 2.24) is 4.90 Å². The van der Waals surface area contributed by atoms with Crippen molar-refractivity contribution in [3.63, 3.8) is 0 Å². The number of nitrogens with zero attached hydrogens (tertiary/aromatic N) is 1. The average molecular weight is 303 g/mol. The molecule has 1 aromatic carbocycles. The number of aliphatic hydroxyl groups is 1. The Morgan fingerprint density at radius 2 is 2.05 bits per heavy atom. The average Bonchev–Trinajstić information content (AvgIpc) is 2.80. The molecule has 1 heterocycles. The van der Waals surface area contributed by atoms with Crippen molar-refractivity contribution in [1.29, 1.82) is 0 Å². The summed E-state index contributed by atoms with van der Waals surface area (Å²) in [7, 11) is 3.20. The van der Waals surface area contributed by atoms with Crippen LogP contribution in [0.2, 0.25) is 0 Å². The summed E-state index contributed by atoms with van der Waals surface area (Å²) in [6.45, 7) is 1.16. The number of carbonyl (C=O) groups excluding carboxylic acids is 1. The summed E-state index contributed by atoms with van der Waals surface area (Å²) in [5, 5.41) is 9.12. The van der Waals surface area contributed by atoms with Gasteiger partial charge in [0.25, 0.3) is 0 Å². The Morgan fingerprint density at radius 1 is 1.33 bits per heavy atom. The van der Waals surface area contributed by atoms with E-state index in [4.69, 9.17) is 14.6 Å². The van der Waals surface area contributed by atoms with E-state index in [9.17, 15) is 4.79 Å². The summed E-state index contributed by atoms with van der Waals surface area (Å²) < 4.78 is 10.5. The molecule has 1 fully saturated rings. The molecule has 1 N–H and O–H groups in total. The molecular weight excluding hydrogens is 280 g/mol. The molecule has 1 aromatic rings. The predicted octanol–water partition coefficient (Wildman–Crippen LogP) is -3.40. The number of hydrogen-bond acceptors (Lipinski definition) is 4. The number of hydrogen-bond donors (Lipinski definition) is 1. The standard InChI is InChI=1S/C14H19NO4.BH4.Na/c1-18-12-4-3-11(13(6-12)19-2)8-15-7-10(9-16)5-14(15)17;;/h3-4,6,10,16H,5,7-9H2,1-2H3;1H4;/q;-1;+1. The van der Waals surface area contributed by atoms with Crippen molar-refractivity contribution >= 4 is 14.3 Å². The van der Waals surface area contributed by atoms with Gasteiger partial charge in [-0.3, -0.25) is 4.79 Å². The molecule has 1 aliphatic rings. The summed E-state index contributed by atoms with van der Waals surface area (Å²) in [6.07, 6.45) is 0.426. The van der Waals surface area contributed by atoms with Gasteiger partial charge in [-0.1, -0.05) is 8.41 Å². The van der Waals surface area contributed by atoms with E-state index in [1.807, 2.05) is 12.1 Å². The summed E-state index contributed by atoms with van der Waals surface area (Å²) in [5.74, 6) is 1.56. The van der Waals surface area contributed by atoms with Crippen LogP contribution in [0.5, 0.6) is 11.5 Å². The first kappa shape index (κ1) is 20.3. The van der Waals surface area contributed by atoms with E-state index >= 15 is 0 Å². The Labute approximate surface area is 149 Å². The molecule has 5 nitrogen and oxygen atoms in total. The maximum atomic E-state index is 11.8. The second-order valence-electron chi connectivity index (χ2n) is 4.70. The third kappa shape index (κ3) is 4.92. The van der Waals surface area contributed by atoms with Gasteiger partial charge < -0.3 is 19.5 Å². The van der Waals surface area contributed by atoms with E-state index in [-0.39, 0.29) is 56.4 Å². The van der Waals surface area contributed by atoms with Crippen LogP contribution in [-0.2, 0) is 11.3 Å². The van der Waals surface area contributed by atoms with E-state index in [0.29, 0.717) is 25.3 Å². The molecule has 1 saturated heterocycles. The van der Waals surface area contributed by atoms with E-state index < -0.39 is 0 Å². The molecule has 0 aromatic heterocycles. The van der Waals surface area contributed by atoms with Crippen LogP contribution in [0, 0.1) is 5.92 Å².